The van der Waals surface area contributed by atoms with Gasteiger partial charge in [0.05, 0.1) is 11.3 Å². The number of carbonyl (C=O) groups is 2. The Labute approximate surface area is 191 Å². The van der Waals surface area contributed by atoms with E-state index in [1.807, 2.05) is 18.0 Å². The summed E-state index contributed by atoms with van der Waals surface area (Å²) in [5.41, 5.74) is 1.73. The number of hydrogen-bond acceptors (Lipinski definition) is 5. The second kappa shape index (κ2) is 7.94. The van der Waals surface area contributed by atoms with E-state index in [4.69, 9.17) is 0 Å². The maximum atomic E-state index is 13.8. The number of piperazine rings is 1. The highest BCUT2D eigenvalue weighted by Gasteiger charge is 2.51. The average Bonchev–Trinajstić information content (AvgIpc) is 3.13. The Kier molecular flexibility index (Phi) is 5.06. The molecule has 2 aliphatic rings. The topological polar surface area (TPSA) is 93.1 Å². The standard InChI is InChI=1S/C26H25N3O4/c1-28-13-15-29(16-14-28)24(32)21-3-2-4-22-23(21)27-25(33)26(22,17-5-9-19(30)10-6-17)18-7-11-20(31)12-8-18/h2-12,30-31H,13-16H2,1H3,(H,27,33). The fourth-order valence-corrected chi connectivity index (χ4v) is 4.85. The Morgan fingerprint density at radius 1 is 0.848 bits per heavy atom. The van der Waals surface area contributed by atoms with Gasteiger partial charge in [0.15, 0.2) is 0 Å². The average molecular weight is 444 g/mol. The maximum absolute atomic E-state index is 13.8. The molecule has 2 amide bonds. The fourth-order valence-electron chi connectivity index (χ4n) is 4.85. The molecule has 168 valence electrons. The van der Waals surface area contributed by atoms with Crippen molar-refractivity contribution in [1.29, 1.82) is 0 Å². The van der Waals surface area contributed by atoms with Gasteiger partial charge in [0, 0.05) is 31.7 Å². The van der Waals surface area contributed by atoms with Crippen LogP contribution in [-0.2, 0) is 10.2 Å². The summed E-state index contributed by atoms with van der Waals surface area (Å²) in [5.74, 6) is -0.200. The van der Waals surface area contributed by atoms with Crippen molar-refractivity contribution in [1.82, 2.24) is 9.80 Å². The van der Waals surface area contributed by atoms with Crippen LogP contribution < -0.4 is 5.32 Å². The van der Waals surface area contributed by atoms with E-state index in [9.17, 15) is 19.8 Å². The number of nitrogens with zero attached hydrogens (tertiary/aromatic N) is 2. The van der Waals surface area contributed by atoms with Crippen LogP contribution in [0.3, 0.4) is 0 Å². The van der Waals surface area contributed by atoms with E-state index in [-0.39, 0.29) is 23.3 Å². The molecular weight excluding hydrogens is 418 g/mol. The van der Waals surface area contributed by atoms with Crippen molar-refractivity contribution in [2.24, 2.45) is 0 Å². The molecule has 0 spiro atoms. The monoisotopic (exact) mass is 443 g/mol. The molecule has 0 atom stereocenters. The lowest BCUT2D eigenvalue weighted by Gasteiger charge is -2.33. The first-order valence-corrected chi connectivity index (χ1v) is 10.9. The van der Waals surface area contributed by atoms with Crippen molar-refractivity contribution in [3.05, 3.63) is 89.0 Å². The maximum Gasteiger partial charge on any atom is 0.256 e. The smallest absolute Gasteiger partial charge is 0.256 e. The van der Waals surface area contributed by atoms with Crippen molar-refractivity contribution in [3.63, 3.8) is 0 Å². The molecule has 0 aliphatic carbocycles. The number of aromatic hydroxyl groups is 2. The molecule has 1 fully saturated rings. The van der Waals surface area contributed by atoms with Crippen LogP contribution in [0.15, 0.2) is 66.7 Å². The predicted molar refractivity (Wildman–Crippen MR) is 125 cm³/mol. The van der Waals surface area contributed by atoms with Gasteiger partial charge in [-0.25, -0.2) is 0 Å². The van der Waals surface area contributed by atoms with Crippen LogP contribution in [0.1, 0.15) is 27.0 Å². The zero-order valence-electron chi connectivity index (χ0n) is 18.3. The first kappa shape index (κ1) is 21.0. The summed E-state index contributed by atoms with van der Waals surface area (Å²) in [4.78, 5) is 31.2. The third-order valence-corrected chi connectivity index (χ3v) is 6.67. The van der Waals surface area contributed by atoms with Gasteiger partial charge in [0.25, 0.3) is 5.91 Å². The summed E-state index contributed by atoms with van der Waals surface area (Å²) >= 11 is 0. The third-order valence-electron chi connectivity index (χ3n) is 6.67. The number of anilines is 1. The summed E-state index contributed by atoms with van der Waals surface area (Å²) in [5, 5.41) is 22.7. The second-order valence-electron chi connectivity index (χ2n) is 8.62. The predicted octanol–water partition coefficient (Wildman–Crippen LogP) is 2.77. The summed E-state index contributed by atoms with van der Waals surface area (Å²) in [6, 6.07) is 18.4. The molecule has 3 N–H and O–H groups in total. The molecule has 5 rings (SSSR count). The summed E-state index contributed by atoms with van der Waals surface area (Å²) in [6.45, 7) is 2.87. The highest BCUT2D eigenvalue weighted by atomic mass is 16.3. The molecule has 0 aromatic heterocycles. The minimum atomic E-state index is -1.23. The molecule has 7 heteroatoms. The van der Waals surface area contributed by atoms with Gasteiger partial charge in [-0.3, -0.25) is 9.59 Å². The highest BCUT2D eigenvalue weighted by Crippen LogP contribution is 2.49. The number of hydrogen-bond donors (Lipinski definition) is 3. The second-order valence-corrected chi connectivity index (χ2v) is 8.62. The Balaban J connectivity index is 1.68. The van der Waals surface area contributed by atoms with Crippen LogP contribution in [0.5, 0.6) is 11.5 Å². The minimum Gasteiger partial charge on any atom is -0.508 e. The number of para-hydroxylation sites is 1. The van der Waals surface area contributed by atoms with Crippen LogP contribution in [0.2, 0.25) is 0 Å². The molecule has 2 aliphatic heterocycles. The molecule has 1 saturated heterocycles. The van der Waals surface area contributed by atoms with E-state index in [2.05, 4.69) is 10.2 Å². The van der Waals surface area contributed by atoms with E-state index in [1.54, 1.807) is 60.7 Å². The number of rotatable bonds is 3. The number of likely N-dealkylation sites (N-methyl/N-ethyl adjacent to an activating group) is 1. The van der Waals surface area contributed by atoms with Gasteiger partial charge in [0.1, 0.15) is 16.9 Å². The van der Waals surface area contributed by atoms with Crippen molar-refractivity contribution in [3.8, 4) is 11.5 Å². The number of fused-ring (bicyclic) bond motifs is 1. The van der Waals surface area contributed by atoms with Gasteiger partial charge in [0.2, 0.25) is 5.91 Å². The highest BCUT2D eigenvalue weighted by molar-refractivity contribution is 6.16. The molecule has 3 aromatic rings. The van der Waals surface area contributed by atoms with E-state index in [1.165, 1.54) is 0 Å². The van der Waals surface area contributed by atoms with Gasteiger partial charge in [-0.05, 0) is 48.5 Å². The number of nitrogens with one attached hydrogen (secondary N) is 1. The van der Waals surface area contributed by atoms with Crippen molar-refractivity contribution < 1.29 is 19.8 Å². The zero-order chi connectivity index (χ0) is 23.2. The number of phenols is 2. The van der Waals surface area contributed by atoms with Crippen LogP contribution in [0, 0.1) is 0 Å². The molecule has 0 radical (unpaired) electrons. The molecule has 7 nitrogen and oxygen atoms in total. The van der Waals surface area contributed by atoms with Crippen molar-refractivity contribution in [2.45, 2.75) is 5.41 Å². The van der Waals surface area contributed by atoms with Gasteiger partial charge < -0.3 is 25.3 Å². The minimum absolute atomic E-state index is 0.0947. The molecule has 0 unspecified atom stereocenters. The van der Waals surface area contributed by atoms with E-state index in [0.717, 1.165) is 13.1 Å². The Morgan fingerprint density at radius 2 is 1.39 bits per heavy atom. The molecule has 33 heavy (non-hydrogen) atoms. The van der Waals surface area contributed by atoms with Crippen LogP contribution in [-0.4, -0.2) is 65.1 Å². The fraction of sp³-hybridized carbons (Fsp3) is 0.231. The first-order valence-electron chi connectivity index (χ1n) is 10.9. The van der Waals surface area contributed by atoms with Gasteiger partial charge in [-0.2, -0.15) is 0 Å². The molecule has 3 aromatic carbocycles. The van der Waals surface area contributed by atoms with Gasteiger partial charge in [-0.15, -0.1) is 0 Å². The van der Waals surface area contributed by atoms with Crippen molar-refractivity contribution in [2.75, 3.05) is 38.5 Å². The Hall–Kier alpha value is -3.84. The van der Waals surface area contributed by atoms with Crippen LogP contribution >= 0.6 is 0 Å². The number of benzene rings is 3. The normalized spacial score (nSPS) is 17.5. The number of phenolic OH excluding ortho intramolecular Hbond substituents is 2. The summed E-state index contributed by atoms with van der Waals surface area (Å²) in [7, 11) is 2.03. The van der Waals surface area contributed by atoms with Crippen LogP contribution in [0.4, 0.5) is 5.69 Å². The molecule has 0 bridgehead atoms. The lowest BCUT2D eigenvalue weighted by atomic mass is 9.70. The van der Waals surface area contributed by atoms with E-state index >= 15 is 0 Å². The Morgan fingerprint density at radius 3 is 1.94 bits per heavy atom. The number of carbonyl (C=O) groups excluding carboxylic acids is 2. The SMILES string of the molecule is CN1CCN(C(=O)c2cccc3c2NC(=O)C3(c2ccc(O)cc2)c2ccc(O)cc2)CC1. The lowest BCUT2D eigenvalue weighted by molar-refractivity contribution is -0.118. The largest absolute Gasteiger partial charge is 0.508 e. The summed E-state index contributed by atoms with van der Waals surface area (Å²) in [6.07, 6.45) is 0. The third kappa shape index (κ3) is 3.32. The quantitative estimate of drug-likeness (QED) is 0.579. The van der Waals surface area contributed by atoms with E-state index in [0.29, 0.717) is 41.0 Å². The van der Waals surface area contributed by atoms with Gasteiger partial charge >= 0.3 is 0 Å². The molecule has 2 heterocycles. The lowest BCUT2D eigenvalue weighted by Crippen LogP contribution is -2.47. The Bertz CT molecular complexity index is 1170. The summed E-state index contributed by atoms with van der Waals surface area (Å²) < 4.78 is 0. The molecular formula is C26H25N3O4. The van der Waals surface area contributed by atoms with Crippen molar-refractivity contribution >= 4 is 17.5 Å². The van der Waals surface area contributed by atoms with E-state index < -0.39 is 5.41 Å². The molecule has 0 saturated carbocycles. The van der Waals surface area contributed by atoms with Gasteiger partial charge in [-0.1, -0.05) is 36.4 Å². The van der Waals surface area contributed by atoms with Crippen LogP contribution in [0.25, 0.3) is 0 Å². The first-order chi connectivity index (χ1) is 15.9. The number of amides is 2. The zero-order valence-corrected chi connectivity index (χ0v) is 18.3.